The lowest BCUT2D eigenvalue weighted by molar-refractivity contribution is -0.000505. The largest absolute Gasteiger partial charge is 0.473 e. The van der Waals surface area contributed by atoms with Gasteiger partial charge < -0.3 is 14.8 Å². The van der Waals surface area contributed by atoms with Crippen LogP contribution in [0.3, 0.4) is 0 Å². The van der Waals surface area contributed by atoms with Crippen LogP contribution in [0.1, 0.15) is 0 Å². The topological polar surface area (TPSA) is 48.3 Å². The number of nitrogens with zero attached hydrogens (tertiary/aromatic N) is 2. The number of morpholine rings is 1. The number of para-hydroxylation sites is 1. The second-order valence-corrected chi connectivity index (χ2v) is 5.84. The maximum atomic E-state index is 13.6. The average Bonchev–Trinajstić information content (AvgIpc) is 3.02. The van der Waals surface area contributed by atoms with E-state index in [0.29, 0.717) is 24.8 Å². The number of ether oxygens (including phenoxy) is 2. The van der Waals surface area contributed by atoms with Gasteiger partial charge in [0, 0.05) is 19.2 Å². The highest BCUT2D eigenvalue weighted by atomic mass is 35.5. The van der Waals surface area contributed by atoms with Crippen molar-refractivity contribution in [2.75, 3.05) is 26.3 Å². The number of hydrogen-bond acceptors (Lipinski definition) is 4. The van der Waals surface area contributed by atoms with Gasteiger partial charge in [-0.3, -0.25) is 0 Å². The number of hydrogen-bond donors (Lipinski definition) is 1. The Kier molecular flexibility index (Phi) is 5.70. The number of benzene rings is 2. The van der Waals surface area contributed by atoms with Gasteiger partial charge in [0.15, 0.2) is 11.6 Å². The summed E-state index contributed by atoms with van der Waals surface area (Å²) in [6.45, 7) is 2.58. The molecule has 0 aliphatic carbocycles. The number of halogens is 3. The maximum Gasteiger partial charge on any atom is 0.241 e. The molecule has 1 saturated heterocycles. The first-order valence-electron chi connectivity index (χ1n) is 8.10. The Morgan fingerprint density at radius 2 is 2.04 bits per heavy atom. The maximum absolute atomic E-state index is 13.6. The molecular weight excluding hydrogens is 364 g/mol. The third kappa shape index (κ3) is 3.65. The monoisotopic (exact) mass is 381 g/mol. The van der Waals surface area contributed by atoms with E-state index in [1.807, 2.05) is 24.3 Å². The summed E-state index contributed by atoms with van der Waals surface area (Å²) < 4.78 is 39.8. The van der Waals surface area contributed by atoms with Gasteiger partial charge in [-0.15, -0.1) is 17.5 Å². The fraction of sp³-hybridized carbons (Fsp3) is 0.278. The van der Waals surface area contributed by atoms with Gasteiger partial charge in [0.25, 0.3) is 0 Å². The molecule has 1 atom stereocenters. The minimum absolute atomic E-state index is 0. The van der Waals surface area contributed by atoms with E-state index < -0.39 is 11.6 Å². The summed E-state index contributed by atoms with van der Waals surface area (Å²) in [5.41, 5.74) is 1.19. The molecule has 5 nitrogen and oxygen atoms in total. The fourth-order valence-corrected chi connectivity index (χ4v) is 2.86. The lowest BCUT2D eigenvalue weighted by Crippen LogP contribution is -2.41. The van der Waals surface area contributed by atoms with E-state index in [0.717, 1.165) is 36.1 Å². The predicted octanol–water partition coefficient (Wildman–Crippen LogP) is 3.09. The van der Waals surface area contributed by atoms with E-state index in [9.17, 15) is 8.78 Å². The molecule has 0 radical (unpaired) electrons. The summed E-state index contributed by atoms with van der Waals surface area (Å²) in [5, 5.41) is 8.49. The van der Waals surface area contributed by atoms with Crippen molar-refractivity contribution in [2.45, 2.75) is 6.10 Å². The zero-order chi connectivity index (χ0) is 17.2. The van der Waals surface area contributed by atoms with Crippen LogP contribution in [0.25, 0.3) is 16.6 Å². The molecule has 2 aromatic carbocycles. The van der Waals surface area contributed by atoms with Crippen molar-refractivity contribution < 1.29 is 18.3 Å². The van der Waals surface area contributed by atoms with Gasteiger partial charge in [0.05, 0.1) is 23.2 Å². The third-order valence-electron chi connectivity index (χ3n) is 4.11. The molecule has 1 aromatic heterocycles. The summed E-state index contributed by atoms with van der Waals surface area (Å²) in [6.07, 6.45) is -0.0408. The number of aromatic nitrogens is 2. The van der Waals surface area contributed by atoms with Gasteiger partial charge in [-0.2, -0.15) is 0 Å². The van der Waals surface area contributed by atoms with Crippen LogP contribution in [-0.2, 0) is 4.74 Å². The average molecular weight is 382 g/mol. The standard InChI is InChI=1S/C18H17F2N3O2.ClH/c19-15-6-5-12(9-16(15)20)23-17-4-2-1-3-14(17)18(22-23)25-11-13-10-21-7-8-24-13;/h1-6,9,13,21H,7-8,10-11H2;1H. The van der Waals surface area contributed by atoms with Crippen LogP contribution < -0.4 is 10.1 Å². The SMILES string of the molecule is Cl.Fc1ccc(-n2nc(OCC3CNCCO3)c3ccccc32)cc1F. The summed E-state index contributed by atoms with van der Waals surface area (Å²) in [7, 11) is 0. The zero-order valence-corrected chi connectivity index (χ0v) is 14.6. The highest BCUT2D eigenvalue weighted by Crippen LogP contribution is 2.28. The molecule has 1 N–H and O–H groups in total. The minimum atomic E-state index is -0.916. The quantitative estimate of drug-likeness (QED) is 0.754. The van der Waals surface area contributed by atoms with Gasteiger partial charge in [0.1, 0.15) is 12.7 Å². The Morgan fingerprint density at radius 1 is 1.19 bits per heavy atom. The van der Waals surface area contributed by atoms with Gasteiger partial charge in [-0.25, -0.2) is 13.5 Å². The number of fused-ring (bicyclic) bond motifs is 1. The van der Waals surface area contributed by atoms with E-state index in [1.165, 1.54) is 6.07 Å². The van der Waals surface area contributed by atoms with Crippen molar-refractivity contribution in [1.29, 1.82) is 0 Å². The molecule has 1 unspecified atom stereocenters. The molecule has 26 heavy (non-hydrogen) atoms. The van der Waals surface area contributed by atoms with Crippen LogP contribution >= 0.6 is 12.4 Å². The molecule has 0 spiro atoms. The molecule has 0 amide bonds. The third-order valence-corrected chi connectivity index (χ3v) is 4.11. The Labute approximate surface area is 155 Å². The molecule has 3 aromatic rings. The summed E-state index contributed by atoms with van der Waals surface area (Å²) in [6, 6.07) is 11.2. The van der Waals surface area contributed by atoms with Gasteiger partial charge in [0.2, 0.25) is 5.88 Å². The Balaban J connectivity index is 0.00000196. The lowest BCUT2D eigenvalue weighted by atomic mass is 10.2. The van der Waals surface area contributed by atoms with Gasteiger partial charge >= 0.3 is 0 Å². The summed E-state index contributed by atoms with van der Waals surface area (Å²) in [4.78, 5) is 0. The smallest absolute Gasteiger partial charge is 0.241 e. The first-order chi connectivity index (χ1) is 12.2. The first-order valence-corrected chi connectivity index (χ1v) is 8.10. The normalized spacial score (nSPS) is 17.1. The van der Waals surface area contributed by atoms with Crippen molar-refractivity contribution in [2.24, 2.45) is 0 Å². The number of rotatable bonds is 4. The second-order valence-electron chi connectivity index (χ2n) is 5.84. The predicted molar refractivity (Wildman–Crippen MR) is 96.3 cm³/mol. The van der Waals surface area contributed by atoms with E-state index in [1.54, 1.807) is 4.68 Å². The van der Waals surface area contributed by atoms with Crippen molar-refractivity contribution in [3.63, 3.8) is 0 Å². The van der Waals surface area contributed by atoms with Crippen molar-refractivity contribution in [1.82, 2.24) is 15.1 Å². The van der Waals surface area contributed by atoms with E-state index >= 15 is 0 Å². The molecule has 4 rings (SSSR count). The van der Waals surface area contributed by atoms with E-state index in [2.05, 4.69) is 10.4 Å². The molecule has 138 valence electrons. The summed E-state index contributed by atoms with van der Waals surface area (Å²) in [5.74, 6) is -1.37. The molecular formula is C18H18ClF2N3O2. The van der Waals surface area contributed by atoms with Crippen LogP contribution in [0.15, 0.2) is 42.5 Å². The van der Waals surface area contributed by atoms with Crippen LogP contribution in [0.4, 0.5) is 8.78 Å². The first kappa shape index (κ1) is 18.6. The van der Waals surface area contributed by atoms with Crippen LogP contribution in [0.2, 0.25) is 0 Å². The fourth-order valence-electron chi connectivity index (χ4n) is 2.86. The van der Waals surface area contributed by atoms with E-state index in [4.69, 9.17) is 9.47 Å². The Hall–Kier alpha value is -2.22. The van der Waals surface area contributed by atoms with Crippen LogP contribution in [-0.4, -0.2) is 42.2 Å². The highest BCUT2D eigenvalue weighted by Gasteiger charge is 2.18. The van der Waals surface area contributed by atoms with Crippen molar-refractivity contribution in [3.8, 4) is 11.6 Å². The second kappa shape index (κ2) is 7.99. The van der Waals surface area contributed by atoms with Crippen molar-refractivity contribution in [3.05, 3.63) is 54.1 Å². The number of nitrogens with one attached hydrogen (secondary N) is 1. The van der Waals surface area contributed by atoms with E-state index in [-0.39, 0.29) is 18.5 Å². The molecule has 1 aliphatic rings. The molecule has 2 heterocycles. The minimum Gasteiger partial charge on any atom is -0.473 e. The van der Waals surface area contributed by atoms with Gasteiger partial charge in [-0.05, 0) is 24.3 Å². The summed E-state index contributed by atoms with van der Waals surface area (Å²) >= 11 is 0. The van der Waals surface area contributed by atoms with Crippen molar-refractivity contribution >= 4 is 23.3 Å². The highest BCUT2D eigenvalue weighted by molar-refractivity contribution is 5.86. The Morgan fingerprint density at radius 3 is 2.81 bits per heavy atom. The molecule has 1 fully saturated rings. The molecule has 0 saturated carbocycles. The van der Waals surface area contributed by atoms with Crippen LogP contribution in [0.5, 0.6) is 5.88 Å². The lowest BCUT2D eigenvalue weighted by Gasteiger charge is -2.23. The van der Waals surface area contributed by atoms with Gasteiger partial charge in [-0.1, -0.05) is 12.1 Å². The van der Waals surface area contributed by atoms with Crippen LogP contribution in [0, 0.1) is 11.6 Å². The zero-order valence-electron chi connectivity index (χ0n) is 13.8. The molecule has 1 aliphatic heterocycles. The molecule has 8 heteroatoms. The molecule has 0 bridgehead atoms. The Bertz CT molecular complexity index is 897.